The summed E-state index contributed by atoms with van der Waals surface area (Å²) in [6.45, 7) is 5.11. The number of thiophene rings is 1. The van der Waals surface area contributed by atoms with Gasteiger partial charge in [0.25, 0.3) is 0 Å². The van der Waals surface area contributed by atoms with Crippen molar-refractivity contribution in [2.24, 2.45) is 0 Å². The van der Waals surface area contributed by atoms with Crippen molar-refractivity contribution >= 4 is 17.3 Å². The fraction of sp³-hybridized carbons (Fsp3) is 0.462. The molecule has 0 saturated heterocycles. The molecule has 0 amide bonds. The molecule has 17 heavy (non-hydrogen) atoms. The molecule has 1 rings (SSSR count). The van der Waals surface area contributed by atoms with E-state index in [0.717, 1.165) is 6.54 Å². The number of carbonyl (C=O) groups is 1. The summed E-state index contributed by atoms with van der Waals surface area (Å²) in [7, 11) is 2.04. The average molecular weight is 253 g/mol. The molecule has 94 valence electrons. The Kier molecular flexibility index (Phi) is 5.94. The molecule has 0 bridgehead atoms. The van der Waals surface area contributed by atoms with Gasteiger partial charge in [-0.15, -0.1) is 11.3 Å². The van der Waals surface area contributed by atoms with Gasteiger partial charge in [-0.3, -0.25) is 4.90 Å². The van der Waals surface area contributed by atoms with Crippen LogP contribution in [-0.2, 0) is 9.53 Å². The van der Waals surface area contributed by atoms with Crippen molar-refractivity contribution in [3.63, 3.8) is 0 Å². The Labute approximate surface area is 107 Å². The zero-order chi connectivity index (χ0) is 12.7. The predicted octanol–water partition coefficient (Wildman–Crippen LogP) is 2.86. The molecule has 1 atom stereocenters. The third kappa shape index (κ3) is 4.71. The maximum absolute atomic E-state index is 11.1. The van der Waals surface area contributed by atoms with Crippen LogP contribution in [0.1, 0.15) is 24.8 Å². The molecule has 0 aliphatic rings. The minimum atomic E-state index is -0.273. The second kappa shape index (κ2) is 7.25. The van der Waals surface area contributed by atoms with Crippen molar-refractivity contribution in [1.82, 2.24) is 4.90 Å². The summed E-state index contributed by atoms with van der Waals surface area (Å²) >= 11 is 1.75. The highest BCUT2D eigenvalue weighted by Crippen LogP contribution is 2.22. The minimum absolute atomic E-state index is 0.273. The summed E-state index contributed by atoms with van der Waals surface area (Å²) in [6, 6.07) is 4.54. The fourth-order valence-corrected chi connectivity index (χ4v) is 2.26. The summed E-state index contributed by atoms with van der Waals surface area (Å²) in [4.78, 5) is 14.6. The fourth-order valence-electron chi connectivity index (χ4n) is 1.41. The molecule has 0 spiro atoms. The first-order valence-electron chi connectivity index (χ1n) is 5.72. The van der Waals surface area contributed by atoms with Crippen molar-refractivity contribution in [2.75, 3.05) is 20.2 Å². The minimum Gasteiger partial charge on any atom is -0.463 e. The van der Waals surface area contributed by atoms with Crippen LogP contribution in [0, 0.1) is 0 Å². The van der Waals surface area contributed by atoms with Gasteiger partial charge in [-0.05, 0) is 32.3 Å². The van der Waals surface area contributed by atoms with E-state index in [1.165, 1.54) is 11.0 Å². The van der Waals surface area contributed by atoms with Crippen LogP contribution in [0.4, 0.5) is 0 Å². The lowest BCUT2D eigenvalue weighted by Crippen LogP contribution is -2.21. The molecular weight excluding hydrogens is 234 g/mol. The maximum atomic E-state index is 11.1. The Bertz CT molecular complexity index is 360. The Morgan fingerprint density at radius 3 is 3.00 bits per heavy atom. The molecule has 4 heteroatoms. The summed E-state index contributed by atoms with van der Waals surface area (Å²) in [5, 5.41) is 2.08. The Balaban J connectivity index is 2.39. The molecule has 0 N–H and O–H groups in total. The largest absolute Gasteiger partial charge is 0.463 e. The molecule has 1 aromatic rings. The van der Waals surface area contributed by atoms with Gasteiger partial charge in [-0.1, -0.05) is 12.1 Å². The lowest BCUT2D eigenvalue weighted by atomic mass is 10.2. The van der Waals surface area contributed by atoms with Gasteiger partial charge in [0, 0.05) is 23.5 Å². The van der Waals surface area contributed by atoms with Gasteiger partial charge in [0.15, 0.2) is 0 Å². The van der Waals surface area contributed by atoms with Crippen LogP contribution in [0.25, 0.3) is 0 Å². The van der Waals surface area contributed by atoms with Crippen molar-refractivity contribution in [2.45, 2.75) is 19.9 Å². The first-order chi connectivity index (χ1) is 8.15. The molecule has 0 aliphatic heterocycles. The molecule has 0 aromatic carbocycles. The summed E-state index contributed by atoms with van der Waals surface area (Å²) in [5.41, 5.74) is 0. The van der Waals surface area contributed by atoms with E-state index in [4.69, 9.17) is 4.74 Å². The summed E-state index contributed by atoms with van der Waals surface area (Å²) < 4.78 is 4.81. The Morgan fingerprint density at radius 2 is 2.41 bits per heavy atom. The van der Waals surface area contributed by atoms with Gasteiger partial charge in [-0.25, -0.2) is 4.79 Å². The van der Waals surface area contributed by atoms with Gasteiger partial charge in [0.05, 0.1) is 6.61 Å². The first kappa shape index (κ1) is 13.9. The second-order valence-electron chi connectivity index (χ2n) is 3.79. The molecule has 0 fully saturated rings. The molecule has 1 unspecified atom stereocenters. The van der Waals surface area contributed by atoms with Crippen LogP contribution in [0.3, 0.4) is 0 Å². The lowest BCUT2D eigenvalue weighted by Gasteiger charge is -2.21. The number of likely N-dealkylation sites (N-methyl/N-ethyl adjacent to an activating group) is 1. The van der Waals surface area contributed by atoms with Gasteiger partial charge in [-0.2, -0.15) is 0 Å². The molecule has 1 heterocycles. The molecule has 0 aliphatic carbocycles. The van der Waals surface area contributed by atoms with Crippen molar-refractivity contribution in [3.05, 3.63) is 34.5 Å². The van der Waals surface area contributed by atoms with E-state index in [2.05, 4.69) is 29.3 Å². The number of esters is 1. The smallest absolute Gasteiger partial charge is 0.330 e. The van der Waals surface area contributed by atoms with E-state index in [0.29, 0.717) is 12.6 Å². The van der Waals surface area contributed by atoms with Crippen molar-refractivity contribution < 1.29 is 9.53 Å². The molecule has 1 aromatic heterocycles. The monoisotopic (exact) mass is 253 g/mol. The molecule has 0 radical (unpaired) electrons. The van der Waals surface area contributed by atoms with Crippen LogP contribution in [-0.4, -0.2) is 31.1 Å². The summed E-state index contributed by atoms with van der Waals surface area (Å²) in [5.74, 6) is -0.273. The highest BCUT2D eigenvalue weighted by Gasteiger charge is 2.10. The van der Waals surface area contributed by atoms with Crippen LogP contribution in [0.15, 0.2) is 29.7 Å². The standard InChI is InChI=1S/C13H19NO2S/c1-4-16-13(15)8-5-9-14(3)11(2)12-7-6-10-17-12/h5-8,10-11H,4,9H2,1-3H3/b8-5+. The molecule has 3 nitrogen and oxygen atoms in total. The van der Waals surface area contributed by atoms with Crippen LogP contribution < -0.4 is 0 Å². The van der Waals surface area contributed by atoms with Crippen molar-refractivity contribution in [1.29, 1.82) is 0 Å². The van der Waals surface area contributed by atoms with E-state index in [-0.39, 0.29) is 5.97 Å². The second-order valence-corrected chi connectivity index (χ2v) is 4.76. The normalized spacial score (nSPS) is 13.2. The zero-order valence-electron chi connectivity index (χ0n) is 10.6. The Hall–Kier alpha value is -1.13. The number of hydrogen-bond acceptors (Lipinski definition) is 4. The van der Waals surface area contributed by atoms with Gasteiger partial charge < -0.3 is 4.74 Å². The van der Waals surface area contributed by atoms with Crippen LogP contribution in [0.2, 0.25) is 0 Å². The highest BCUT2D eigenvalue weighted by atomic mass is 32.1. The number of rotatable bonds is 6. The van der Waals surface area contributed by atoms with Crippen LogP contribution in [0.5, 0.6) is 0 Å². The lowest BCUT2D eigenvalue weighted by molar-refractivity contribution is -0.137. The topological polar surface area (TPSA) is 29.5 Å². The van der Waals surface area contributed by atoms with Crippen LogP contribution >= 0.6 is 11.3 Å². The summed E-state index contributed by atoms with van der Waals surface area (Å²) in [6.07, 6.45) is 3.32. The van der Waals surface area contributed by atoms with E-state index in [1.807, 2.05) is 13.1 Å². The first-order valence-corrected chi connectivity index (χ1v) is 6.60. The van der Waals surface area contributed by atoms with Gasteiger partial charge in [0.2, 0.25) is 0 Å². The molecular formula is C13H19NO2S. The highest BCUT2D eigenvalue weighted by molar-refractivity contribution is 7.10. The number of ether oxygens (including phenoxy) is 1. The average Bonchev–Trinajstić information content (AvgIpc) is 2.81. The van der Waals surface area contributed by atoms with E-state index in [1.54, 1.807) is 18.3 Å². The van der Waals surface area contributed by atoms with Gasteiger partial charge >= 0.3 is 5.97 Å². The SMILES string of the molecule is CCOC(=O)/C=C/CN(C)C(C)c1cccs1. The Morgan fingerprint density at radius 1 is 1.65 bits per heavy atom. The number of nitrogens with zero attached hydrogens (tertiary/aromatic N) is 1. The number of hydrogen-bond donors (Lipinski definition) is 0. The number of carbonyl (C=O) groups excluding carboxylic acids is 1. The maximum Gasteiger partial charge on any atom is 0.330 e. The van der Waals surface area contributed by atoms with E-state index in [9.17, 15) is 4.79 Å². The van der Waals surface area contributed by atoms with E-state index >= 15 is 0 Å². The quantitative estimate of drug-likeness (QED) is 0.577. The zero-order valence-corrected chi connectivity index (χ0v) is 11.4. The van der Waals surface area contributed by atoms with Gasteiger partial charge in [0.1, 0.15) is 0 Å². The third-order valence-electron chi connectivity index (χ3n) is 2.55. The third-order valence-corrected chi connectivity index (χ3v) is 3.59. The van der Waals surface area contributed by atoms with E-state index < -0.39 is 0 Å². The predicted molar refractivity (Wildman–Crippen MR) is 71.1 cm³/mol. The van der Waals surface area contributed by atoms with Crippen molar-refractivity contribution in [3.8, 4) is 0 Å². The molecule has 0 saturated carbocycles.